The van der Waals surface area contributed by atoms with Gasteiger partial charge in [0, 0.05) is 17.8 Å². The van der Waals surface area contributed by atoms with Gasteiger partial charge in [0.2, 0.25) is 11.1 Å². The Morgan fingerprint density at radius 3 is 2.59 bits per heavy atom. The minimum absolute atomic E-state index is 0.207. The summed E-state index contributed by atoms with van der Waals surface area (Å²) in [5.41, 5.74) is 2.94. The number of benzene rings is 3. The van der Waals surface area contributed by atoms with Crippen LogP contribution in [0.4, 0.5) is 5.69 Å². The SMILES string of the molecule is CCCCSc1n[n+]2c(c(=O)[nH]1)-c1ccccc1N(C(C)=O)[C@H]2c1cc(Cl)c(OCc2ccccc2)c(OCC)c1. The van der Waals surface area contributed by atoms with Crippen LogP contribution in [0.3, 0.4) is 0 Å². The second-order valence-corrected chi connectivity index (χ2v) is 11.1. The number of unbranched alkanes of at least 4 members (excludes halogenated alkanes) is 1. The van der Waals surface area contributed by atoms with Gasteiger partial charge in [-0.2, -0.15) is 0 Å². The second kappa shape index (κ2) is 12.8. The van der Waals surface area contributed by atoms with E-state index in [9.17, 15) is 9.59 Å². The Balaban J connectivity index is 1.66. The molecule has 4 aromatic rings. The van der Waals surface area contributed by atoms with Crippen molar-refractivity contribution in [3.63, 3.8) is 0 Å². The molecule has 0 unspecified atom stereocenters. The summed E-state index contributed by atoms with van der Waals surface area (Å²) in [5.74, 6) is 1.45. The van der Waals surface area contributed by atoms with Crippen molar-refractivity contribution in [1.29, 1.82) is 0 Å². The summed E-state index contributed by atoms with van der Waals surface area (Å²) in [6, 6.07) is 20.7. The Hall–Kier alpha value is -3.82. The molecule has 5 rings (SSSR count). The lowest BCUT2D eigenvalue weighted by atomic mass is 10.0. The van der Waals surface area contributed by atoms with E-state index in [1.165, 1.54) is 18.7 Å². The van der Waals surface area contributed by atoms with Crippen molar-refractivity contribution in [3.05, 3.63) is 93.2 Å². The zero-order valence-corrected chi connectivity index (χ0v) is 24.8. The number of nitrogens with zero attached hydrogens (tertiary/aromatic N) is 3. The number of H-pyrrole nitrogens is 1. The van der Waals surface area contributed by atoms with Crippen LogP contribution in [0, 0.1) is 0 Å². The summed E-state index contributed by atoms with van der Waals surface area (Å²) in [6.07, 6.45) is 1.23. The minimum Gasteiger partial charge on any atom is -0.490 e. The molecule has 1 N–H and O–H groups in total. The average Bonchev–Trinajstić information content (AvgIpc) is 2.96. The molecule has 1 amide bonds. The van der Waals surface area contributed by atoms with Crippen molar-refractivity contribution in [2.45, 2.75) is 51.5 Å². The second-order valence-electron chi connectivity index (χ2n) is 9.57. The number of aromatic amines is 1. The van der Waals surface area contributed by atoms with Crippen LogP contribution < -0.4 is 24.6 Å². The highest BCUT2D eigenvalue weighted by Crippen LogP contribution is 2.42. The van der Waals surface area contributed by atoms with Crippen molar-refractivity contribution >= 4 is 35.0 Å². The third-order valence-electron chi connectivity index (χ3n) is 6.69. The zero-order chi connectivity index (χ0) is 28.9. The highest BCUT2D eigenvalue weighted by Gasteiger charge is 2.45. The molecule has 0 spiro atoms. The van der Waals surface area contributed by atoms with Gasteiger partial charge in [-0.3, -0.25) is 14.6 Å². The number of anilines is 1. The molecule has 212 valence electrons. The van der Waals surface area contributed by atoms with E-state index in [0.717, 1.165) is 24.2 Å². The highest BCUT2D eigenvalue weighted by molar-refractivity contribution is 7.99. The summed E-state index contributed by atoms with van der Waals surface area (Å²) in [7, 11) is 0. The smallest absolute Gasteiger partial charge is 0.325 e. The molecule has 0 fully saturated rings. The summed E-state index contributed by atoms with van der Waals surface area (Å²) in [4.78, 5) is 31.4. The van der Waals surface area contributed by atoms with Gasteiger partial charge < -0.3 is 9.47 Å². The number of nitrogens with one attached hydrogen (secondary N) is 1. The maximum atomic E-state index is 13.5. The molecule has 0 aliphatic carbocycles. The fraction of sp³-hybridized carbons (Fsp3) is 0.290. The van der Waals surface area contributed by atoms with Gasteiger partial charge in [-0.25, -0.2) is 4.90 Å². The van der Waals surface area contributed by atoms with Crippen LogP contribution in [-0.2, 0) is 11.4 Å². The van der Waals surface area contributed by atoms with Crippen molar-refractivity contribution < 1.29 is 19.0 Å². The van der Waals surface area contributed by atoms with Crippen LogP contribution in [0.5, 0.6) is 11.5 Å². The maximum Gasteiger partial charge on any atom is 0.325 e. The average molecular weight is 592 g/mol. The van der Waals surface area contributed by atoms with Gasteiger partial charge in [-0.05, 0) is 47.9 Å². The number of carbonyl (C=O) groups is 1. The number of ether oxygens (including phenoxy) is 2. The zero-order valence-electron chi connectivity index (χ0n) is 23.2. The van der Waals surface area contributed by atoms with Gasteiger partial charge in [0.05, 0.1) is 28.4 Å². The van der Waals surface area contributed by atoms with Crippen molar-refractivity contribution in [2.24, 2.45) is 0 Å². The Kier molecular flexibility index (Phi) is 8.95. The van der Waals surface area contributed by atoms with E-state index in [4.69, 9.17) is 26.2 Å². The van der Waals surface area contributed by atoms with Crippen molar-refractivity contribution in [3.8, 4) is 22.8 Å². The fourth-order valence-corrected chi connectivity index (χ4v) is 6.07. The van der Waals surface area contributed by atoms with E-state index in [2.05, 4.69) is 11.9 Å². The molecule has 0 bridgehead atoms. The number of rotatable bonds is 10. The number of aromatic nitrogens is 3. The van der Waals surface area contributed by atoms with Gasteiger partial charge in [-0.1, -0.05) is 79.2 Å². The quantitative estimate of drug-likeness (QED) is 0.135. The lowest BCUT2D eigenvalue weighted by Crippen LogP contribution is -2.60. The first-order chi connectivity index (χ1) is 19.9. The Bertz CT molecular complexity index is 1610. The van der Waals surface area contributed by atoms with Crippen LogP contribution in [0.2, 0.25) is 5.02 Å². The molecule has 0 saturated carbocycles. The fourth-order valence-electron chi connectivity index (χ4n) is 4.86. The number of amides is 1. The maximum absolute atomic E-state index is 13.5. The topological polar surface area (TPSA) is 88.4 Å². The van der Waals surface area contributed by atoms with Crippen molar-refractivity contribution in [2.75, 3.05) is 17.3 Å². The van der Waals surface area contributed by atoms with E-state index >= 15 is 0 Å². The van der Waals surface area contributed by atoms with Gasteiger partial charge in [-0.15, -0.1) is 0 Å². The number of hydrogen-bond acceptors (Lipinski definition) is 6. The predicted molar refractivity (Wildman–Crippen MR) is 161 cm³/mol. The molecule has 8 nitrogen and oxygen atoms in total. The Morgan fingerprint density at radius 2 is 1.85 bits per heavy atom. The van der Waals surface area contributed by atoms with Crippen LogP contribution in [0.15, 0.2) is 76.7 Å². The van der Waals surface area contributed by atoms with E-state index in [1.54, 1.807) is 15.6 Å². The summed E-state index contributed by atoms with van der Waals surface area (Å²) in [6.45, 7) is 6.19. The molecular weight excluding hydrogens is 560 g/mol. The molecule has 0 saturated heterocycles. The van der Waals surface area contributed by atoms with Gasteiger partial charge in [0.1, 0.15) is 6.61 Å². The summed E-state index contributed by atoms with van der Waals surface area (Å²) in [5, 5.41) is 5.67. The number of para-hydroxylation sites is 1. The first kappa shape index (κ1) is 28.7. The van der Waals surface area contributed by atoms with E-state index < -0.39 is 6.17 Å². The molecule has 3 aromatic carbocycles. The van der Waals surface area contributed by atoms with E-state index in [1.807, 2.05) is 67.6 Å². The number of carbonyl (C=O) groups excluding carboxylic acids is 1. The summed E-state index contributed by atoms with van der Waals surface area (Å²) >= 11 is 8.33. The monoisotopic (exact) mass is 591 g/mol. The molecule has 1 atom stereocenters. The lowest BCUT2D eigenvalue weighted by molar-refractivity contribution is -0.763. The molecule has 0 radical (unpaired) electrons. The highest BCUT2D eigenvalue weighted by atomic mass is 35.5. The number of fused-ring (bicyclic) bond motifs is 3. The van der Waals surface area contributed by atoms with Gasteiger partial charge in [0.25, 0.3) is 6.17 Å². The Labute approximate surface area is 248 Å². The molecule has 10 heteroatoms. The molecule has 1 aromatic heterocycles. The molecular formula is C31H32ClN4O4S+. The molecule has 41 heavy (non-hydrogen) atoms. The van der Waals surface area contributed by atoms with Gasteiger partial charge >= 0.3 is 11.3 Å². The third-order valence-corrected chi connectivity index (χ3v) is 7.92. The first-order valence-corrected chi connectivity index (χ1v) is 15.0. The largest absolute Gasteiger partial charge is 0.490 e. The number of thioether (sulfide) groups is 1. The minimum atomic E-state index is -0.787. The first-order valence-electron chi connectivity index (χ1n) is 13.6. The normalized spacial score (nSPS) is 13.9. The van der Waals surface area contributed by atoms with Crippen LogP contribution in [0.25, 0.3) is 11.3 Å². The van der Waals surface area contributed by atoms with E-state index in [0.29, 0.717) is 57.4 Å². The molecule has 1 aliphatic rings. The molecule has 1 aliphatic heterocycles. The standard InChI is InChI=1S/C31H31ClN4O4S/c1-4-6-16-41-31-33-29(38)27-23-14-10-11-15-25(23)35(20(3)37)30(36(27)34-31)22-17-24(32)28(26(18-22)39-5-2)40-19-21-12-8-7-9-13-21/h7-15,17-18,30H,4-6,16,19H2,1-3H3/p+1/t30-/m1/s1. The molecule has 2 heterocycles. The predicted octanol–water partition coefficient (Wildman–Crippen LogP) is 6.16. The van der Waals surface area contributed by atoms with Crippen LogP contribution in [0.1, 0.15) is 50.9 Å². The van der Waals surface area contributed by atoms with Crippen LogP contribution >= 0.6 is 23.4 Å². The van der Waals surface area contributed by atoms with Crippen LogP contribution in [-0.4, -0.2) is 28.3 Å². The van der Waals surface area contributed by atoms with E-state index in [-0.39, 0.29) is 11.5 Å². The number of halogens is 1. The third kappa shape index (κ3) is 5.96. The lowest BCUT2D eigenvalue weighted by Gasteiger charge is -2.31. The van der Waals surface area contributed by atoms with Gasteiger partial charge in [0.15, 0.2) is 11.5 Å². The van der Waals surface area contributed by atoms with Crippen molar-refractivity contribution in [1.82, 2.24) is 10.1 Å². The number of hydrogen-bond donors (Lipinski definition) is 1. The summed E-state index contributed by atoms with van der Waals surface area (Å²) < 4.78 is 13.7. The Morgan fingerprint density at radius 1 is 1.10 bits per heavy atom.